The molecule has 2 nitrogen and oxygen atoms in total. The predicted molar refractivity (Wildman–Crippen MR) is 70.6 cm³/mol. The first kappa shape index (κ1) is 13.6. The van der Waals surface area contributed by atoms with Gasteiger partial charge in [0.1, 0.15) is 0 Å². The van der Waals surface area contributed by atoms with Crippen LogP contribution in [0.4, 0.5) is 0 Å². The van der Waals surface area contributed by atoms with Crippen LogP contribution >= 0.6 is 11.8 Å². The van der Waals surface area contributed by atoms with Gasteiger partial charge in [0.25, 0.3) is 0 Å². The second-order valence-corrected chi connectivity index (χ2v) is 5.28. The summed E-state index contributed by atoms with van der Waals surface area (Å²) in [5, 5.41) is 8.93. The molecule has 0 bridgehead atoms. The van der Waals surface area contributed by atoms with Crippen molar-refractivity contribution in [2.24, 2.45) is 11.7 Å². The van der Waals surface area contributed by atoms with Crippen molar-refractivity contribution < 1.29 is 5.11 Å². The lowest BCUT2D eigenvalue weighted by Crippen LogP contribution is -2.08. The number of aliphatic hydroxyl groups excluding tert-OH is 1. The Morgan fingerprint density at radius 2 is 1.94 bits per heavy atom. The Morgan fingerprint density at radius 3 is 2.44 bits per heavy atom. The highest BCUT2D eigenvalue weighted by Gasteiger charge is 2.04. The maximum Gasteiger partial charge on any atom is 0.0464 e. The highest BCUT2D eigenvalue weighted by Crippen LogP contribution is 2.23. The molecule has 1 aromatic carbocycles. The number of hydrogen-bond donors (Lipinski definition) is 2. The van der Waals surface area contributed by atoms with Crippen LogP contribution in [-0.4, -0.2) is 17.5 Å². The third-order valence-electron chi connectivity index (χ3n) is 2.59. The molecule has 0 aliphatic heterocycles. The SMILES string of the molecule is CCC(N)c1ccc(SCC(C)CO)cc1. The van der Waals surface area contributed by atoms with Crippen LogP contribution in [0.5, 0.6) is 0 Å². The second kappa shape index (κ2) is 6.94. The third-order valence-corrected chi connectivity index (χ3v) is 3.94. The van der Waals surface area contributed by atoms with Crippen LogP contribution in [0.3, 0.4) is 0 Å². The Kier molecular flexibility index (Phi) is 5.88. The fraction of sp³-hybridized carbons (Fsp3) is 0.538. The van der Waals surface area contributed by atoms with E-state index < -0.39 is 0 Å². The van der Waals surface area contributed by atoms with Crippen molar-refractivity contribution in [2.45, 2.75) is 31.2 Å². The molecule has 0 heterocycles. The summed E-state index contributed by atoms with van der Waals surface area (Å²) >= 11 is 1.78. The van der Waals surface area contributed by atoms with Gasteiger partial charge < -0.3 is 10.8 Å². The molecule has 16 heavy (non-hydrogen) atoms. The lowest BCUT2D eigenvalue weighted by molar-refractivity contribution is 0.250. The summed E-state index contributed by atoms with van der Waals surface area (Å²) in [6.45, 7) is 4.40. The van der Waals surface area contributed by atoms with Crippen LogP contribution in [0.2, 0.25) is 0 Å². The number of rotatable bonds is 6. The molecule has 1 aromatic rings. The Labute approximate surface area is 102 Å². The van der Waals surface area contributed by atoms with Crippen molar-refractivity contribution in [3.05, 3.63) is 29.8 Å². The molecule has 90 valence electrons. The Morgan fingerprint density at radius 1 is 1.31 bits per heavy atom. The molecular formula is C13H21NOS. The van der Waals surface area contributed by atoms with Crippen LogP contribution in [0, 0.1) is 5.92 Å². The van der Waals surface area contributed by atoms with E-state index in [1.165, 1.54) is 10.5 Å². The lowest BCUT2D eigenvalue weighted by Gasteiger charge is -2.10. The fourth-order valence-corrected chi connectivity index (χ4v) is 2.25. The zero-order chi connectivity index (χ0) is 12.0. The molecule has 1 rings (SSSR count). The molecule has 0 amide bonds. The number of nitrogens with two attached hydrogens (primary N) is 1. The van der Waals surface area contributed by atoms with E-state index in [-0.39, 0.29) is 12.6 Å². The monoisotopic (exact) mass is 239 g/mol. The Bertz CT molecular complexity index is 299. The summed E-state index contributed by atoms with van der Waals surface area (Å²) in [7, 11) is 0. The van der Waals surface area contributed by atoms with E-state index in [1.54, 1.807) is 11.8 Å². The second-order valence-electron chi connectivity index (χ2n) is 4.18. The van der Waals surface area contributed by atoms with Crippen molar-refractivity contribution >= 4 is 11.8 Å². The van der Waals surface area contributed by atoms with Crippen molar-refractivity contribution in [1.82, 2.24) is 0 Å². The zero-order valence-corrected chi connectivity index (χ0v) is 10.8. The summed E-state index contributed by atoms with van der Waals surface area (Å²) in [4.78, 5) is 1.24. The Balaban J connectivity index is 2.51. The molecule has 0 aliphatic rings. The summed E-state index contributed by atoms with van der Waals surface area (Å²) in [6, 6.07) is 8.56. The first-order valence-electron chi connectivity index (χ1n) is 5.76. The van der Waals surface area contributed by atoms with Crippen molar-refractivity contribution in [1.29, 1.82) is 0 Å². The quantitative estimate of drug-likeness (QED) is 0.750. The standard InChI is InChI=1S/C13H21NOS/c1-3-13(14)11-4-6-12(7-5-11)16-9-10(2)8-15/h4-7,10,13,15H,3,8-9,14H2,1-2H3. The molecule has 0 saturated carbocycles. The summed E-state index contributed by atoms with van der Waals surface area (Å²) < 4.78 is 0. The maximum absolute atomic E-state index is 8.93. The molecule has 0 radical (unpaired) electrons. The molecule has 2 atom stereocenters. The van der Waals surface area contributed by atoms with Gasteiger partial charge in [-0.25, -0.2) is 0 Å². The highest BCUT2D eigenvalue weighted by molar-refractivity contribution is 7.99. The van der Waals surface area contributed by atoms with E-state index in [1.807, 2.05) is 6.92 Å². The van der Waals surface area contributed by atoms with Gasteiger partial charge in [0.15, 0.2) is 0 Å². The smallest absolute Gasteiger partial charge is 0.0464 e. The maximum atomic E-state index is 8.93. The molecule has 0 aliphatic carbocycles. The van der Waals surface area contributed by atoms with Crippen LogP contribution in [0.15, 0.2) is 29.2 Å². The topological polar surface area (TPSA) is 46.2 Å². The van der Waals surface area contributed by atoms with Gasteiger partial charge in [-0.15, -0.1) is 11.8 Å². The molecule has 2 unspecified atom stereocenters. The zero-order valence-electron chi connectivity index (χ0n) is 10.0. The minimum atomic E-state index is 0.149. The van der Waals surface area contributed by atoms with E-state index in [0.717, 1.165) is 12.2 Å². The lowest BCUT2D eigenvalue weighted by atomic mass is 10.1. The van der Waals surface area contributed by atoms with Crippen molar-refractivity contribution in [3.63, 3.8) is 0 Å². The third kappa shape index (κ3) is 4.16. The van der Waals surface area contributed by atoms with Crippen molar-refractivity contribution in [3.8, 4) is 0 Å². The largest absolute Gasteiger partial charge is 0.396 e. The van der Waals surface area contributed by atoms with E-state index >= 15 is 0 Å². The minimum absolute atomic E-state index is 0.149. The normalized spacial score (nSPS) is 14.8. The molecule has 0 fully saturated rings. The van der Waals surface area contributed by atoms with Crippen LogP contribution < -0.4 is 5.73 Å². The van der Waals surface area contributed by atoms with Gasteiger partial charge in [0.2, 0.25) is 0 Å². The first-order chi connectivity index (χ1) is 7.67. The van der Waals surface area contributed by atoms with E-state index in [0.29, 0.717) is 5.92 Å². The fourth-order valence-electron chi connectivity index (χ4n) is 1.34. The molecule has 3 heteroatoms. The van der Waals surface area contributed by atoms with Gasteiger partial charge in [-0.3, -0.25) is 0 Å². The molecular weight excluding hydrogens is 218 g/mol. The van der Waals surface area contributed by atoms with Crippen LogP contribution in [0.1, 0.15) is 31.9 Å². The number of thioether (sulfide) groups is 1. The van der Waals surface area contributed by atoms with Crippen molar-refractivity contribution in [2.75, 3.05) is 12.4 Å². The van der Waals surface area contributed by atoms with E-state index in [4.69, 9.17) is 10.8 Å². The van der Waals surface area contributed by atoms with Crippen LogP contribution in [-0.2, 0) is 0 Å². The number of hydrogen-bond acceptors (Lipinski definition) is 3. The summed E-state index contributed by atoms with van der Waals surface area (Å²) in [5.41, 5.74) is 7.14. The summed E-state index contributed by atoms with van der Waals surface area (Å²) in [5.74, 6) is 1.30. The van der Waals surface area contributed by atoms with Crippen LogP contribution in [0.25, 0.3) is 0 Å². The molecule has 0 aromatic heterocycles. The van der Waals surface area contributed by atoms with Gasteiger partial charge in [0, 0.05) is 23.3 Å². The van der Waals surface area contributed by atoms with E-state index in [9.17, 15) is 0 Å². The minimum Gasteiger partial charge on any atom is -0.396 e. The van der Waals surface area contributed by atoms with Gasteiger partial charge in [-0.2, -0.15) is 0 Å². The summed E-state index contributed by atoms with van der Waals surface area (Å²) in [6.07, 6.45) is 0.966. The van der Waals surface area contributed by atoms with E-state index in [2.05, 4.69) is 31.2 Å². The first-order valence-corrected chi connectivity index (χ1v) is 6.75. The Hall–Kier alpha value is -0.510. The predicted octanol–water partition coefficient (Wildman–Crippen LogP) is 2.82. The van der Waals surface area contributed by atoms with Gasteiger partial charge in [0.05, 0.1) is 0 Å². The molecule has 0 spiro atoms. The number of aliphatic hydroxyl groups is 1. The highest BCUT2D eigenvalue weighted by atomic mass is 32.2. The average Bonchev–Trinajstić information content (AvgIpc) is 2.35. The van der Waals surface area contributed by atoms with Gasteiger partial charge >= 0.3 is 0 Å². The van der Waals surface area contributed by atoms with Gasteiger partial charge in [-0.05, 0) is 30.0 Å². The molecule has 3 N–H and O–H groups in total. The molecule has 0 saturated heterocycles. The number of benzene rings is 1. The average molecular weight is 239 g/mol. The van der Waals surface area contributed by atoms with Gasteiger partial charge in [-0.1, -0.05) is 26.0 Å².